The van der Waals surface area contributed by atoms with Crippen LogP contribution in [0.15, 0.2) is 0 Å². The van der Waals surface area contributed by atoms with E-state index in [0.29, 0.717) is 6.04 Å². The van der Waals surface area contributed by atoms with E-state index in [9.17, 15) is 4.79 Å². The Balaban J connectivity index is 2.37. The number of ether oxygens (including phenoxy) is 1. The van der Waals surface area contributed by atoms with Crippen LogP contribution in [0, 0.1) is 0 Å². The molecule has 1 aliphatic rings. The van der Waals surface area contributed by atoms with Gasteiger partial charge >= 0.3 is 6.09 Å². The van der Waals surface area contributed by atoms with Crippen molar-refractivity contribution in [2.75, 3.05) is 26.7 Å². The van der Waals surface area contributed by atoms with Crippen LogP contribution >= 0.6 is 0 Å². The third-order valence-corrected chi connectivity index (χ3v) is 2.35. The molecule has 0 spiro atoms. The van der Waals surface area contributed by atoms with Crippen LogP contribution in [-0.2, 0) is 4.74 Å². The molecule has 0 aromatic rings. The molecule has 1 atom stereocenters. The molecule has 13 heavy (non-hydrogen) atoms. The molecular formula is C9H18N2O2. The number of rotatable bonds is 2. The highest BCUT2D eigenvalue weighted by molar-refractivity contribution is 5.67. The molecule has 1 fully saturated rings. The van der Waals surface area contributed by atoms with Crippen LogP contribution < -0.4 is 5.32 Å². The van der Waals surface area contributed by atoms with Gasteiger partial charge in [0.1, 0.15) is 0 Å². The topological polar surface area (TPSA) is 41.6 Å². The monoisotopic (exact) mass is 186 g/mol. The van der Waals surface area contributed by atoms with Gasteiger partial charge in [-0.25, -0.2) is 4.79 Å². The summed E-state index contributed by atoms with van der Waals surface area (Å²) in [5.41, 5.74) is 0. The maximum atomic E-state index is 11.2. The van der Waals surface area contributed by atoms with Gasteiger partial charge in [-0.3, -0.25) is 0 Å². The number of nitrogens with zero attached hydrogens (tertiary/aromatic N) is 1. The lowest BCUT2D eigenvalue weighted by molar-refractivity contribution is 0.107. The van der Waals surface area contributed by atoms with Gasteiger partial charge in [-0.15, -0.1) is 0 Å². The van der Waals surface area contributed by atoms with Crippen LogP contribution in [0.1, 0.15) is 19.8 Å². The standard InChI is InChI=1S/C9H18N2O2/c1-3-10-8-5-4-6-11(7-8)9(12)13-2/h8,10H,3-7H2,1-2H3/t8-/m0/s1. The highest BCUT2D eigenvalue weighted by Crippen LogP contribution is 2.10. The maximum Gasteiger partial charge on any atom is 0.409 e. The summed E-state index contributed by atoms with van der Waals surface area (Å²) in [5, 5.41) is 3.34. The van der Waals surface area contributed by atoms with Gasteiger partial charge in [0, 0.05) is 19.1 Å². The van der Waals surface area contributed by atoms with E-state index in [1.54, 1.807) is 4.90 Å². The first-order chi connectivity index (χ1) is 6.27. The average molecular weight is 186 g/mol. The van der Waals surface area contributed by atoms with E-state index in [0.717, 1.165) is 32.5 Å². The Morgan fingerprint density at radius 3 is 3.08 bits per heavy atom. The second kappa shape index (κ2) is 5.07. The minimum absolute atomic E-state index is 0.206. The Morgan fingerprint density at radius 2 is 2.46 bits per heavy atom. The number of amides is 1. The molecule has 76 valence electrons. The summed E-state index contributed by atoms with van der Waals surface area (Å²) < 4.78 is 4.68. The van der Waals surface area contributed by atoms with Crippen LogP contribution in [0.5, 0.6) is 0 Å². The Labute approximate surface area is 79.2 Å². The second-order valence-corrected chi connectivity index (χ2v) is 3.31. The number of nitrogens with one attached hydrogen (secondary N) is 1. The van der Waals surface area contributed by atoms with E-state index >= 15 is 0 Å². The number of methoxy groups -OCH3 is 1. The third kappa shape index (κ3) is 2.88. The highest BCUT2D eigenvalue weighted by Gasteiger charge is 2.22. The Hall–Kier alpha value is -0.770. The summed E-state index contributed by atoms with van der Waals surface area (Å²) in [6, 6.07) is 0.442. The van der Waals surface area contributed by atoms with Gasteiger partial charge in [-0.05, 0) is 19.4 Å². The maximum absolute atomic E-state index is 11.2. The molecule has 0 aliphatic carbocycles. The molecule has 4 nitrogen and oxygen atoms in total. The van der Waals surface area contributed by atoms with Crippen LogP contribution in [0.25, 0.3) is 0 Å². The van der Waals surface area contributed by atoms with E-state index in [1.807, 2.05) is 0 Å². The van der Waals surface area contributed by atoms with E-state index in [2.05, 4.69) is 17.0 Å². The quantitative estimate of drug-likeness (QED) is 0.694. The fraction of sp³-hybridized carbons (Fsp3) is 0.889. The fourth-order valence-corrected chi connectivity index (χ4v) is 1.73. The van der Waals surface area contributed by atoms with Crippen LogP contribution in [0.3, 0.4) is 0 Å². The summed E-state index contributed by atoms with van der Waals surface area (Å²) in [5.74, 6) is 0. The number of hydrogen-bond donors (Lipinski definition) is 1. The minimum atomic E-state index is -0.206. The first-order valence-electron chi connectivity index (χ1n) is 4.84. The van der Waals surface area contributed by atoms with Crippen molar-refractivity contribution in [2.45, 2.75) is 25.8 Å². The number of carbonyl (C=O) groups excluding carboxylic acids is 1. The lowest BCUT2D eigenvalue weighted by Gasteiger charge is -2.31. The Morgan fingerprint density at radius 1 is 1.69 bits per heavy atom. The first-order valence-corrected chi connectivity index (χ1v) is 4.84. The number of likely N-dealkylation sites (N-methyl/N-ethyl adjacent to an activating group) is 1. The zero-order valence-corrected chi connectivity index (χ0v) is 8.38. The summed E-state index contributed by atoms with van der Waals surface area (Å²) >= 11 is 0. The van der Waals surface area contributed by atoms with Crippen LogP contribution in [-0.4, -0.2) is 43.8 Å². The van der Waals surface area contributed by atoms with Crippen LogP contribution in [0.2, 0.25) is 0 Å². The van der Waals surface area contributed by atoms with E-state index in [-0.39, 0.29) is 6.09 Å². The van der Waals surface area contributed by atoms with Gasteiger partial charge in [0.25, 0.3) is 0 Å². The number of piperidine rings is 1. The normalized spacial score (nSPS) is 22.9. The van der Waals surface area contributed by atoms with Crippen molar-refractivity contribution >= 4 is 6.09 Å². The molecular weight excluding hydrogens is 168 g/mol. The summed E-state index contributed by atoms with van der Waals surface area (Å²) in [6.07, 6.45) is 2.01. The summed E-state index contributed by atoms with van der Waals surface area (Å²) in [4.78, 5) is 13.0. The predicted molar refractivity (Wildman–Crippen MR) is 50.7 cm³/mol. The molecule has 1 heterocycles. The fourth-order valence-electron chi connectivity index (χ4n) is 1.73. The van der Waals surface area contributed by atoms with Crippen LogP contribution in [0.4, 0.5) is 4.79 Å². The molecule has 0 radical (unpaired) electrons. The van der Waals surface area contributed by atoms with Crippen molar-refractivity contribution < 1.29 is 9.53 Å². The van der Waals surface area contributed by atoms with Gasteiger partial charge in [0.05, 0.1) is 7.11 Å². The molecule has 1 rings (SSSR count). The van der Waals surface area contributed by atoms with Crippen molar-refractivity contribution in [3.8, 4) is 0 Å². The lowest BCUT2D eigenvalue weighted by atomic mass is 10.1. The molecule has 4 heteroatoms. The predicted octanol–water partition coefficient (Wildman–Crippen LogP) is 0.827. The molecule has 0 saturated carbocycles. The number of likely N-dealkylation sites (tertiary alicyclic amines) is 1. The SMILES string of the molecule is CCN[C@H]1CCCN(C(=O)OC)C1. The summed E-state index contributed by atoms with van der Waals surface area (Å²) in [7, 11) is 1.43. The molecule has 1 saturated heterocycles. The number of carbonyl (C=O) groups is 1. The Bertz CT molecular complexity index is 171. The van der Waals surface area contributed by atoms with Gasteiger partial charge < -0.3 is 15.0 Å². The zero-order chi connectivity index (χ0) is 9.68. The molecule has 1 N–H and O–H groups in total. The molecule has 0 aromatic heterocycles. The largest absolute Gasteiger partial charge is 0.453 e. The molecule has 0 bridgehead atoms. The van der Waals surface area contributed by atoms with Crippen molar-refractivity contribution in [2.24, 2.45) is 0 Å². The van der Waals surface area contributed by atoms with Gasteiger partial charge in [-0.1, -0.05) is 6.92 Å². The first kappa shape index (κ1) is 10.3. The number of hydrogen-bond acceptors (Lipinski definition) is 3. The van der Waals surface area contributed by atoms with Crippen molar-refractivity contribution in [1.29, 1.82) is 0 Å². The average Bonchev–Trinajstić information content (AvgIpc) is 2.18. The van der Waals surface area contributed by atoms with Gasteiger partial charge in [0.15, 0.2) is 0 Å². The zero-order valence-electron chi connectivity index (χ0n) is 8.38. The molecule has 0 unspecified atom stereocenters. The highest BCUT2D eigenvalue weighted by atomic mass is 16.5. The summed E-state index contributed by atoms with van der Waals surface area (Å²) in [6.45, 7) is 4.64. The third-order valence-electron chi connectivity index (χ3n) is 2.35. The smallest absolute Gasteiger partial charge is 0.409 e. The van der Waals surface area contributed by atoms with Crippen molar-refractivity contribution in [3.63, 3.8) is 0 Å². The second-order valence-electron chi connectivity index (χ2n) is 3.31. The molecule has 1 amide bonds. The molecule has 0 aromatic carbocycles. The van der Waals surface area contributed by atoms with E-state index in [4.69, 9.17) is 0 Å². The minimum Gasteiger partial charge on any atom is -0.453 e. The van der Waals surface area contributed by atoms with Crippen molar-refractivity contribution in [1.82, 2.24) is 10.2 Å². The van der Waals surface area contributed by atoms with Crippen molar-refractivity contribution in [3.05, 3.63) is 0 Å². The van der Waals surface area contributed by atoms with E-state index < -0.39 is 0 Å². The Kier molecular flexibility index (Phi) is 4.02. The van der Waals surface area contributed by atoms with Gasteiger partial charge in [-0.2, -0.15) is 0 Å². The van der Waals surface area contributed by atoms with Gasteiger partial charge in [0.2, 0.25) is 0 Å². The molecule has 1 aliphatic heterocycles. The lowest BCUT2D eigenvalue weighted by Crippen LogP contribution is -2.47. The van der Waals surface area contributed by atoms with E-state index in [1.165, 1.54) is 7.11 Å².